The fourth-order valence-corrected chi connectivity index (χ4v) is 5.75. The average molecular weight is 433 g/mol. The number of rotatable bonds is 6. The highest BCUT2D eigenvalue weighted by molar-refractivity contribution is 6.01. The number of hydrogen-bond donors (Lipinski definition) is 2. The van der Waals surface area contributed by atoms with Crippen LogP contribution in [0.3, 0.4) is 0 Å². The topological polar surface area (TPSA) is 99.4 Å². The van der Waals surface area contributed by atoms with Crippen molar-refractivity contribution in [2.75, 3.05) is 6.54 Å². The lowest BCUT2D eigenvalue weighted by atomic mass is 9.84. The van der Waals surface area contributed by atoms with Gasteiger partial charge in [0.1, 0.15) is 17.0 Å². The molecule has 0 atom stereocenters. The summed E-state index contributed by atoms with van der Waals surface area (Å²) in [6.07, 6.45) is 15.1. The molecule has 7 heteroatoms. The first kappa shape index (κ1) is 21.0. The van der Waals surface area contributed by atoms with Gasteiger partial charge in [0.2, 0.25) is 5.91 Å². The minimum Gasteiger partial charge on any atom is -0.355 e. The molecule has 2 N–H and O–H groups in total. The molecule has 3 aromatic heterocycles. The third kappa shape index (κ3) is 4.23. The highest BCUT2D eigenvalue weighted by Gasteiger charge is 2.27. The van der Waals surface area contributed by atoms with Crippen molar-refractivity contribution in [3.8, 4) is 6.07 Å². The zero-order chi connectivity index (χ0) is 21.9. The van der Waals surface area contributed by atoms with E-state index in [4.69, 9.17) is 10.2 Å². The minimum absolute atomic E-state index is 0.0589. The molecule has 3 aromatic rings. The predicted octanol–water partition coefficient (Wildman–Crippen LogP) is 4.80. The summed E-state index contributed by atoms with van der Waals surface area (Å²) in [5.74, 6) is 2.00. The van der Waals surface area contributed by atoms with Gasteiger partial charge in [-0.1, -0.05) is 19.3 Å². The number of nitrogens with zero attached hydrogens (tertiary/aromatic N) is 4. The van der Waals surface area contributed by atoms with Crippen LogP contribution in [0.25, 0.3) is 22.1 Å². The van der Waals surface area contributed by atoms with Crippen LogP contribution in [0.4, 0.5) is 0 Å². The highest BCUT2D eigenvalue weighted by atomic mass is 16.1. The molecule has 2 aliphatic rings. The van der Waals surface area contributed by atoms with Gasteiger partial charge in [0.15, 0.2) is 0 Å². The maximum absolute atomic E-state index is 12.9. The summed E-state index contributed by atoms with van der Waals surface area (Å²) >= 11 is 0. The average Bonchev–Trinajstić information content (AvgIpc) is 3.43. The molecule has 1 amide bonds. The van der Waals surface area contributed by atoms with E-state index in [1.165, 1.54) is 32.1 Å². The van der Waals surface area contributed by atoms with Crippen molar-refractivity contribution < 1.29 is 4.79 Å². The van der Waals surface area contributed by atoms with Crippen LogP contribution in [0, 0.1) is 23.2 Å². The molecule has 0 bridgehead atoms. The molecular weight excluding hydrogens is 400 g/mol. The first-order chi connectivity index (χ1) is 15.7. The zero-order valence-electron chi connectivity index (χ0n) is 18.6. The van der Waals surface area contributed by atoms with Gasteiger partial charge < -0.3 is 14.9 Å². The van der Waals surface area contributed by atoms with E-state index in [-0.39, 0.29) is 5.91 Å². The SMILES string of the molecule is N#CCC1CCC(n2c(CC(=O)NCC3CCCCC3)nc3cnc4[nH]ccc4c32)CC1. The van der Waals surface area contributed by atoms with Gasteiger partial charge >= 0.3 is 0 Å². The van der Waals surface area contributed by atoms with E-state index in [2.05, 4.69) is 32.0 Å². The van der Waals surface area contributed by atoms with Crippen LogP contribution in [-0.4, -0.2) is 32.0 Å². The van der Waals surface area contributed by atoms with Crippen LogP contribution in [-0.2, 0) is 11.2 Å². The van der Waals surface area contributed by atoms with Crippen molar-refractivity contribution in [1.29, 1.82) is 5.26 Å². The van der Waals surface area contributed by atoms with E-state index in [0.717, 1.165) is 60.1 Å². The van der Waals surface area contributed by atoms with Crippen LogP contribution in [0.1, 0.15) is 76.1 Å². The number of fused-ring (bicyclic) bond motifs is 3. The number of aromatic amines is 1. The number of amides is 1. The van der Waals surface area contributed by atoms with Gasteiger partial charge in [-0.2, -0.15) is 5.26 Å². The van der Waals surface area contributed by atoms with Crippen molar-refractivity contribution in [1.82, 2.24) is 24.8 Å². The monoisotopic (exact) mass is 432 g/mol. The third-order valence-corrected chi connectivity index (χ3v) is 7.50. The Morgan fingerprint density at radius 1 is 1.16 bits per heavy atom. The van der Waals surface area contributed by atoms with Crippen LogP contribution >= 0.6 is 0 Å². The Hall–Kier alpha value is -2.88. The number of imidazole rings is 1. The van der Waals surface area contributed by atoms with Crippen molar-refractivity contribution in [3.63, 3.8) is 0 Å². The van der Waals surface area contributed by atoms with Crippen LogP contribution in [0.5, 0.6) is 0 Å². The van der Waals surface area contributed by atoms with Crippen molar-refractivity contribution in [3.05, 3.63) is 24.3 Å². The molecule has 7 nitrogen and oxygen atoms in total. The minimum atomic E-state index is 0.0589. The molecular formula is C25H32N6O. The van der Waals surface area contributed by atoms with Crippen LogP contribution < -0.4 is 5.32 Å². The number of aromatic nitrogens is 4. The first-order valence-corrected chi connectivity index (χ1v) is 12.2. The fourth-order valence-electron chi connectivity index (χ4n) is 5.75. The van der Waals surface area contributed by atoms with E-state index >= 15 is 0 Å². The van der Waals surface area contributed by atoms with Gasteiger partial charge in [0.25, 0.3) is 0 Å². The van der Waals surface area contributed by atoms with Gasteiger partial charge in [-0.3, -0.25) is 4.79 Å². The maximum Gasteiger partial charge on any atom is 0.227 e. The molecule has 2 aliphatic carbocycles. The number of hydrogen-bond acceptors (Lipinski definition) is 4. The Morgan fingerprint density at radius 3 is 2.75 bits per heavy atom. The Labute approximate surface area is 188 Å². The standard InChI is InChI=1S/C25H32N6O/c26-12-10-17-6-8-19(9-7-17)31-22(14-23(32)28-15-18-4-2-1-3-5-18)30-21-16-29-25-20(24(21)31)11-13-27-25/h11,13,16-19H,1-10,14-15H2,(H,27,29)(H,28,32). The van der Waals surface area contributed by atoms with E-state index in [0.29, 0.717) is 30.7 Å². The second-order valence-corrected chi connectivity index (χ2v) is 9.65. The molecule has 0 saturated heterocycles. The lowest BCUT2D eigenvalue weighted by Gasteiger charge is -2.30. The molecule has 0 aliphatic heterocycles. The first-order valence-electron chi connectivity index (χ1n) is 12.2. The summed E-state index contributed by atoms with van der Waals surface area (Å²) < 4.78 is 2.32. The Kier molecular flexibility index (Phi) is 6.11. The molecule has 168 valence electrons. The third-order valence-electron chi connectivity index (χ3n) is 7.50. The molecule has 0 aromatic carbocycles. The second-order valence-electron chi connectivity index (χ2n) is 9.65. The summed E-state index contributed by atoms with van der Waals surface area (Å²) in [6.45, 7) is 0.780. The van der Waals surface area contributed by atoms with Gasteiger partial charge in [-0.25, -0.2) is 9.97 Å². The molecule has 32 heavy (non-hydrogen) atoms. The summed E-state index contributed by atoms with van der Waals surface area (Å²) in [6, 6.07) is 4.69. The Balaban J connectivity index is 1.41. The van der Waals surface area contributed by atoms with Crippen LogP contribution in [0.2, 0.25) is 0 Å². The number of nitrogens with one attached hydrogen (secondary N) is 2. The van der Waals surface area contributed by atoms with E-state index in [1.54, 1.807) is 0 Å². The molecule has 5 rings (SSSR count). The molecule has 0 spiro atoms. The van der Waals surface area contributed by atoms with E-state index in [1.807, 2.05) is 12.4 Å². The fraction of sp³-hybridized carbons (Fsp3) is 0.600. The van der Waals surface area contributed by atoms with Gasteiger partial charge in [0, 0.05) is 30.6 Å². The van der Waals surface area contributed by atoms with Crippen molar-refractivity contribution in [2.45, 2.75) is 76.7 Å². The van der Waals surface area contributed by atoms with Gasteiger partial charge in [0.05, 0.1) is 24.2 Å². The number of nitriles is 1. The molecule has 2 fully saturated rings. The van der Waals surface area contributed by atoms with Crippen molar-refractivity contribution >= 4 is 28.0 Å². The molecule has 0 unspecified atom stereocenters. The Bertz CT molecular complexity index is 1120. The molecule has 3 heterocycles. The smallest absolute Gasteiger partial charge is 0.227 e. The number of carbonyl (C=O) groups is 1. The second kappa shape index (κ2) is 9.32. The molecule has 0 radical (unpaired) electrons. The zero-order valence-corrected chi connectivity index (χ0v) is 18.6. The largest absolute Gasteiger partial charge is 0.355 e. The number of carbonyl (C=O) groups excluding carboxylic acids is 1. The maximum atomic E-state index is 12.9. The van der Waals surface area contributed by atoms with Crippen LogP contribution in [0.15, 0.2) is 18.5 Å². The van der Waals surface area contributed by atoms with E-state index in [9.17, 15) is 4.79 Å². The summed E-state index contributed by atoms with van der Waals surface area (Å²) in [5.41, 5.74) is 2.78. The summed E-state index contributed by atoms with van der Waals surface area (Å²) in [7, 11) is 0. The van der Waals surface area contributed by atoms with Gasteiger partial charge in [-0.15, -0.1) is 0 Å². The summed E-state index contributed by atoms with van der Waals surface area (Å²) in [5, 5.41) is 13.3. The highest BCUT2D eigenvalue weighted by Crippen LogP contribution is 2.38. The Morgan fingerprint density at radius 2 is 1.97 bits per heavy atom. The number of pyridine rings is 1. The number of H-pyrrole nitrogens is 1. The van der Waals surface area contributed by atoms with E-state index < -0.39 is 0 Å². The summed E-state index contributed by atoms with van der Waals surface area (Å²) in [4.78, 5) is 25.5. The van der Waals surface area contributed by atoms with Crippen molar-refractivity contribution in [2.24, 2.45) is 11.8 Å². The van der Waals surface area contributed by atoms with Gasteiger partial charge in [-0.05, 0) is 56.4 Å². The molecule has 2 saturated carbocycles. The lowest BCUT2D eigenvalue weighted by molar-refractivity contribution is -0.120. The normalized spacial score (nSPS) is 22.2. The predicted molar refractivity (Wildman–Crippen MR) is 124 cm³/mol. The quantitative estimate of drug-likeness (QED) is 0.584. The lowest BCUT2D eigenvalue weighted by Crippen LogP contribution is -2.32.